The number of nitrogens with one attached hydrogen (secondary N) is 2. The van der Waals surface area contributed by atoms with E-state index in [1.54, 1.807) is 0 Å². The van der Waals surface area contributed by atoms with Crippen LogP contribution in [0.25, 0.3) is 0 Å². The average molecular weight is 263 g/mol. The highest BCUT2D eigenvalue weighted by Gasteiger charge is 2.24. The fourth-order valence-electron chi connectivity index (χ4n) is 1.97. The molecule has 1 fully saturated rings. The molecule has 1 atom stereocenters. The van der Waals surface area contributed by atoms with E-state index in [4.69, 9.17) is 0 Å². The highest BCUT2D eigenvalue weighted by molar-refractivity contribution is 7.87. The largest absolute Gasteiger partial charge is 0.314 e. The summed E-state index contributed by atoms with van der Waals surface area (Å²) in [7, 11) is -3.28. The average Bonchev–Trinajstić information content (AvgIpc) is 2.30. The first-order valence-corrected chi connectivity index (χ1v) is 7.98. The summed E-state index contributed by atoms with van der Waals surface area (Å²) >= 11 is 0. The van der Waals surface area contributed by atoms with Crippen LogP contribution >= 0.6 is 0 Å². The Balaban J connectivity index is 2.36. The van der Waals surface area contributed by atoms with E-state index in [9.17, 15) is 8.42 Å². The van der Waals surface area contributed by atoms with E-state index in [1.165, 1.54) is 10.7 Å². The standard InChI is InChI=1S/C11H25N3O2S/c1-3-4-5-6-11(2)13-17(15,16)14-9-7-12-8-10-14/h11-13H,3-10H2,1-2H3. The molecule has 0 aliphatic carbocycles. The quantitative estimate of drug-likeness (QED) is 0.665. The zero-order valence-electron chi connectivity index (χ0n) is 10.9. The Hall–Kier alpha value is -0.170. The van der Waals surface area contributed by atoms with E-state index in [1.807, 2.05) is 6.92 Å². The van der Waals surface area contributed by atoms with Crippen LogP contribution in [0.2, 0.25) is 0 Å². The molecule has 0 radical (unpaired) electrons. The smallest absolute Gasteiger partial charge is 0.279 e. The third-order valence-corrected chi connectivity index (χ3v) is 4.75. The molecule has 1 aliphatic rings. The van der Waals surface area contributed by atoms with Crippen LogP contribution in [0.5, 0.6) is 0 Å². The molecular weight excluding hydrogens is 238 g/mol. The number of nitrogens with zero attached hydrogens (tertiary/aromatic N) is 1. The Kier molecular flexibility index (Phi) is 6.40. The molecule has 0 saturated carbocycles. The van der Waals surface area contributed by atoms with Gasteiger partial charge in [-0.05, 0) is 13.3 Å². The molecule has 0 aromatic carbocycles. The highest BCUT2D eigenvalue weighted by Crippen LogP contribution is 2.06. The fourth-order valence-corrected chi connectivity index (χ4v) is 3.41. The van der Waals surface area contributed by atoms with Gasteiger partial charge in [0.1, 0.15) is 0 Å². The lowest BCUT2D eigenvalue weighted by Gasteiger charge is -2.28. The molecule has 17 heavy (non-hydrogen) atoms. The third kappa shape index (κ3) is 5.33. The molecule has 1 heterocycles. The van der Waals surface area contributed by atoms with Crippen molar-refractivity contribution in [2.24, 2.45) is 0 Å². The summed E-state index contributed by atoms with van der Waals surface area (Å²) in [5.74, 6) is 0. The topological polar surface area (TPSA) is 61.4 Å². The Morgan fingerprint density at radius 1 is 1.29 bits per heavy atom. The summed E-state index contributed by atoms with van der Waals surface area (Å²) in [5, 5.41) is 3.15. The van der Waals surface area contributed by atoms with E-state index in [0.29, 0.717) is 13.1 Å². The van der Waals surface area contributed by atoms with Crippen molar-refractivity contribution in [3.8, 4) is 0 Å². The molecule has 5 nitrogen and oxygen atoms in total. The van der Waals surface area contributed by atoms with E-state index >= 15 is 0 Å². The summed E-state index contributed by atoms with van der Waals surface area (Å²) in [4.78, 5) is 0. The molecule has 0 aromatic rings. The van der Waals surface area contributed by atoms with Crippen molar-refractivity contribution in [1.82, 2.24) is 14.3 Å². The first-order valence-electron chi connectivity index (χ1n) is 6.54. The molecule has 0 bridgehead atoms. The molecule has 102 valence electrons. The molecule has 2 N–H and O–H groups in total. The normalized spacial score (nSPS) is 20.4. The van der Waals surface area contributed by atoms with E-state index in [0.717, 1.165) is 32.4 Å². The van der Waals surface area contributed by atoms with Gasteiger partial charge in [0.25, 0.3) is 10.2 Å². The maximum Gasteiger partial charge on any atom is 0.279 e. The van der Waals surface area contributed by atoms with Crippen molar-refractivity contribution < 1.29 is 8.42 Å². The van der Waals surface area contributed by atoms with Gasteiger partial charge in [0.15, 0.2) is 0 Å². The molecule has 0 amide bonds. The lowest BCUT2D eigenvalue weighted by Crippen LogP contribution is -2.52. The maximum atomic E-state index is 12.0. The number of hydrogen-bond donors (Lipinski definition) is 2. The van der Waals surface area contributed by atoms with E-state index < -0.39 is 10.2 Å². The van der Waals surface area contributed by atoms with Gasteiger partial charge in [-0.3, -0.25) is 0 Å². The minimum absolute atomic E-state index is 0.0291. The van der Waals surface area contributed by atoms with Crippen LogP contribution in [0.4, 0.5) is 0 Å². The van der Waals surface area contributed by atoms with Crippen LogP contribution in [0.15, 0.2) is 0 Å². The summed E-state index contributed by atoms with van der Waals surface area (Å²) in [6, 6.07) is 0.0291. The zero-order chi connectivity index (χ0) is 12.7. The molecule has 0 aromatic heterocycles. The van der Waals surface area contributed by atoms with Crippen molar-refractivity contribution in [2.75, 3.05) is 26.2 Å². The van der Waals surface area contributed by atoms with Gasteiger partial charge in [0, 0.05) is 32.2 Å². The predicted molar refractivity (Wildman–Crippen MR) is 70.1 cm³/mol. The van der Waals surface area contributed by atoms with Crippen LogP contribution in [-0.4, -0.2) is 44.9 Å². The molecule has 1 aliphatic heterocycles. The van der Waals surface area contributed by atoms with Gasteiger partial charge in [0.05, 0.1) is 0 Å². The SMILES string of the molecule is CCCCCC(C)NS(=O)(=O)N1CCNCC1. The molecule has 0 spiro atoms. The lowest BCUT2D eigenvalue weighted by atomic mass is 10.1. The minimum Gasteiger partial charge on any atom is -0.314 e. The van der Waals surface area contributed by atoms with Gasteiger partial charge in [-0.15, -0.1) is 0 Å². The first kappa shape index (κ1) is 14.9. The van der Waals surface area contributed by atoms with E-state index in [2.05, 4.69) is 17.0 Å². The summed E-state index contributed by atoms with van der Waals surface area (Å²) in [6.45, 7) is 6.70. The van der Waals surface area contributed by atoms with Crippen molar-refractivity contribution in [2.45, 2.75) is 45.6 Å². The van der Waals surface area contributed by atoms with Gasteiger partial charge in [-0.1, -0.05) is 26.2 Å². The van der Waals surface area contributed by atoms with Crippen molar-refractivity contribution >= 4 is 10.2 Å². The van der Waals surface area contributed by atoms with Crippen molar-refractivity contribution in [3.63, 3.8) is 0 Å². The monoisotopic (exact) mass is 263 g/mol. The Bertz CT molecular complexity index is 300. The van der Waals surface area contributed by atoms with Gasteiger partial charge in [0.2, 0.25) is 0 Å². The van der Waals surface area contributed by atoms with Gasteiger partial charge in [-0.25, -0.2) is 0 Å². The Morgan fingerprint density at radius 2 is 1.94 bits per heavy atom. The molecule has 1 saturated heterocycles. The number of rotatable bonds is 7. The van der Waals surface area contributed by atoms with Crippen LogP contribution in [-0.2, 0) is 10.2 Å². The second-order valence-corrected chi connectivity index (χ2v) is 6.37. The molecule has 1 unspecified atom stereocenters. The Labute approximate surface area is 105 Å². The van der Waals surface area contributed by atoms with Crippen molar-refractivity contribution in [1.29, 1.82) is 0 Å². The molecule has 1 rings (SSSR count). The highest BCUT2D eigenvalue weighted by atomic mass is 32.2. The molecule has 6 heteroatoms. The van der Waals surface area contributed by atoms with Crippen LogP contribution in [0.3, 0.4) is 0 Å². The summed E-state index contributed by atoms with van der Waals surface area (Å²) in [5.41, 5.74) is 0. The first-order chi connectivity index (χ1) is 8.06. The number of hydrogen-bond acceptors (Lipinski definition) is 3. The fraction of sp³-hybridized carbons (Fsp3) is 1.00. The number of piperazine rings is 1. The van der Waals surface area contributed by atoms with Gasteiger partial charge < -0.3 is 5.32 Å². The van der Waals surface area contributed by atoms with Gasteiger partial charge in [-0.2, -0.15) is 17.4 Å². The van der Waals surface area contributed by atoms with Crippen molar-refractivity contribution in [3.05, 3.63) is 0 Å². The maximum absolute atomic E-state index is 12.0. The van der Waals surface area contributed by atoms with Crippen LogP contribution in [0, 0.1) is 0 Å². The van der Waals surface area contributed by atoms with Crippen LogP contribution < -0.4 is 10.0 Å². The van der Waals surface area contributed by atoms with Gasteiger partial charge >= 0.3 is 0 Å². The second kappa shape index (κ2) is 7.31. The third-order valence-electron chi connectivity index (χ3n) is 3.01. The van der Waals surface area contributed by atoms with E-state index in [-0.39, 0.29) is 6.04 Å². The zero-order valence-corrected chi connectivity index (χ0v) is 11.7. The lowest BCUT2D eigenvalue weighted by molar-refractivity contribution is 0.350. The summed E-state index contributed by atoms with van der Waals surface area (Å²) < 4.78 is 28.3. The summed E-state index contributed by atoms with van der Waals surface area (Å²) in [6.07, 6.45) is 4.33. The second-order valence-electron chi connectivity index (χ2n) is 4.67. The molecular formula is C11H25N3O2S. The Morgan fingerprint density at radius 3 is 2.53 bits per heavy atom. The minimum atomic E-state index is -3.28. The predicted octanol–water partition coefficient (Wildman–Crippen LogP) is 0.695. The number of unbranched alkanes of at least 4 members (excludes halogenated alkanes) is 2. The van der Waals surface area contributed by atoms with Crippen LogP contribution in [0.1, 0.15) is 39.5 Å².